The van der Waals surface area contributed by atoms with Gasteiger partial charge in [0.15, 0.2) is 0 Å². The summed E-state index contributed by atoms with van der Waals surface area (Å²) in [6.45, 7) is 6.92. The number of nitrogen functional groups attached to an aromatic ring is 2. The van der Waals surface area contributed by atoms with E-state index in [0.717, 1.165) is 24.2 Å². The molecule has 56 heavy (non-hydrogen) atoms. The summed E-state index contributed by atoms with van der Waals surface area (Å²) in [6, 6.07) is 36.7. The van der Waals surface area contributed by atoms with Gasteiger partial charge in [0.2, 0.25) is 0 Å². The van der Waals surface area contributed by atoms with Crippen molar-refractivity contribution in [3.05, 3.63) is 130 Å². The number of benzene rings is 4. The van der Waals surface area contributed by atoms with Gasteiger partial charge in [-0.25, -0.2) is 0 Å². The topological polar surface area (TPSA) is 52.0 Å². The summed E-state index contributed by atoms with van der Waals surface area (Å²) in [7, 11) is 0. The minimum absolute atomic E-state index is 0.400. The maximum atomic E-state index is 6.12. The minimum atomic E-state index is 0.400. The van der Waals surface area contributed by atoms with Gasteiger partial charge < -0.3 is 11.5 Å². The molecule has 0 aromatic heterocycles. The van der Waals surface area contributed by atoms with E-state index < -0.39 is 0 Å². The lowest BCUT2D eigenvalue weighted by atomic mass is 9.82. The summed E-state index contributed by atoms with van der Waals surface area (Å²) in [5, 5.41) is 0. The van der Waals surface area contributed by atoms with Crippen LogP contribution in [0.2, 0.25) is 0 Å². The monoisotopic (exact) mass is 757 g/mol. The third-order valence-electron chi connectivity index (χ3n) is 12.4. The highest BCUT2D eigenvalue weighted by molar-refractivity contribution is 5.45. The van der Waals surface area contributed by atoms with Crippen LogP contribution in [0.3, 0.4) is 0 Å². The summed E-state index contributed by atoms with van der Waals surface area (Å²) in [6.07, 6.45) is 32.1. The largest absolute Gasteiger partial charge is 0.399 e. The molecule has 4 N–H and O–H groups in total. The molecule has 2 nitrogen and oxygen atoms in total. The van der Waals surface area contributed by atoms with Crippen molar-refractivity contribution < 1.29 is 0 Å². The quantitative estimate of drug-likeness (QED) is 0.0411. The first-order chi connectivity index (χ1) is 27.5. The Morgan fingerprint density at radius 1 is 0.268 bits per heavy atom. The van der Waals surface area contributed by atoms with Crippen molar-refractivity contribution in [1.82, 2.24) is 0 Å². The fraction of sp³-hybridized carbons (Fsp3) is 0.556. The molecule has 0 fully saturated rings. The zero-order valence-electron chi connectivity index (χ0n) is 36.1. The molecule has 0 heterocycles. The molecule has 4 aromatic rings. The summed E-state index contributed by atoms with van der Waals surface area (Å²) in [5.74, 6) is 1.21. The van der Waals surface area contributed by atoms with Gasteiger partial charge in [-0.15, -0.1) is 0 Å². The average Bonchev–Trinajstić information content (AvgIpc) is 3.22. The van der Waals surface area contributed by atoms with Gasteiger partial charge in [-0.05, 0) is 76.9 Å². The van der Waals surface area contributed by atoms with Gasteiger partial charge in [0.05, 0.1) is 0 Å². The minimum Gasteiger partial charge on any atom is -0.399 e. The highest BCUT2D eigenvalue weighted by atomic mass is 14.5. The van der Waals surface area contributed by atoms with Gasteiger partial charge in [0.1, 0.15) is 0 Å². The maximum absolute atomic E-state index is 6.12. The highest BCUT2D eigenvalue weighted by Gasteiger charge is 2.19. The molecular weight excluding hydrogens is 677 g/mol. The van der Waals surface area contributed by atoms with Crippen LogP contribution in [0.15, 0.2) is 97.1 Å². The van der Waals surface area contributed by atoms with Crippen molar-refractivity contribution in [1.29, 1.82) is 0 Å². The Morgan fingerprint density at radius 3 is 0.732 bits per heavy atom. The Morgan fingerprint density at radius 2 is 0.482 bits per heavy atom. The fourth-order valence-electron chi connectivity index (χ4n) is 8.92. The molecular formula is C54H80N2. The molecule has 0 aliphatic carbocycles. The summed E-state index contributed by atoms with van der Waals surface area (Å²) >= 11 is 0. The lowest BCUT2D eigenvalue weighted by Gasteiger charge is -2.23. The fourth-order valence-corrected chi connectivity index (χ4v) is 8.92. The Hall–Kier alpha value is -3.52. The van der Waals surface area contributed by atoms with Crippen molar-refractivity contribution in [2.75, 3.05) is 11.5 Å². The number of rotatable bonds is 30. The molecule has 306 valence electrons. The first-order valence-corrected chi connectivity index (χ1v) is 23.4. The molecule has 0 saturated carbocycles. The SMILES string of the molecule is CCCCCCCCCCCCC(c1ccc(N)cc1)c1ccc(C(CCC)c2ccc(C(CCCCCCCCCCCC)c3ccc(N)cc3)cc2)cc1. The number of unbranched alkanes of at least 4 members (excludes halogenated alkanes) is 18. The van der Waals surface area contributed by atoms with Crippen LogP contribution in [0, 0.1) is 0 Å². The van der Waals surface area contributed by atoms with E-state index in [1.165, 1.54) is 175 Å². The second-order valence-corrected chi connectivity index (χ2v) is 17.1. The Bertz CT molecular complexity index is 1420. The Kier molecular flexibility index (Phi) is 21.9. The molecule has 4 aromatic carbocycles. The van der Waals surface area contributed by atoms with E-state index in [4.69, 9.17) is 11.5 Å². The van der Waals surface area contributed by atoms with E-state index in [9.17, 15) is 0 Å². The first kappa shape index (κ1) is 45.2. The van der Waals surface area contributed by atoms with E-state index in [1.807, 2.05) is 0 Å². The third kappa shape index (κ3) is 16.1. The molecule has 0 bridgehead atoms. The summed E-state index contributed by atoms with van der Waals surface area (Å²) < 4.78 is 0. The van der Waals surface area contributed by atoms with Crippen molar-refractivity contribution in [2.24, 2.45) is 0 Å². The van der Waals surface area contributed by atoms with Gasteiger partial charge in [-0.3, -0.25) is 0 Å². The summed E-state index contributed by atoms with van der Waals surface area (Å²) in [5.41, 5.74) is 22.4. The number of hydrogen-bond acceptors (Lipinski definition) is 2. The van der Waals surface area contributed by atoms with Crippen molar-refractivity contribution in [3.8, 4) is 0 Å². The lowest BCUT2D eigenvalue weighted by Crippen LogP contribution is -2.06. The van der Waals surface area contributed by atoms with Gasteiger partial charge in [0, 0.05) is 29.1 Å². The van der Waals surface area contributed by atoms with Crippen molar-refractivity contribution in [3.63, 3.8) is 0 Å². The highest BCUT2D eigenvalue weighted by Crippen LogP contribution is 2.36. The molecule has 0 saturated heterocycles. The van der Waals surface area contributed by atoms with Crippen molar-refractivity contribution >= 4 is 11.4 Å². The van der Waals surface area contributed by atoms with E-state index in [-0.39, 0.29) is 0 Å². The molecule has 0 radical (unpaired) electrons. The molecule has 0 aliphatic heterocycles. The maximum Gasteiger partial charge on any atom is 0.0314 e. The van der Waals surface area contributed by atoms with Crippen LogP contribution in [-0.2, 0) is 0 Å². The van der Waals surface area contributed by atoms with E-state index in [0.29, 0.717) is 17.8 Å². The third-order valence-corrected chi connectivity index (χ3v) is 12.4. The average molecular weight is 757 g/mol. The van der Waals surface area contributed by atoms with Crippen LogP contribution in [0.5, 0.6) is 0 Å². The van der Waals surface area contributed by atoms with Crippen LogP contribution < -0.4 is 11.5 Å². The smallest absolute Gasteiger partial charge is 0.0314 e. The second kappa shape index (κ2) is 27.2. The van der Waals surface area contributed by atoms with Gasteiger partial charge in [-0.2, -0.15) is 0 Å². The van der Waals surface area contributed by atoms with Gasteiger partial charge >= 0.3 is 0 Å². The number of hydrogen-bond donors (Lipinski definition) is 2. The Balaban J connectivity index is 1.39. The van der Waals surface area contributed by atoms with Crippen LogP contribution in [0.1, 0.15) is 226 Å². The summed E-state index contributed by atoms with van der Waals surface area (Å²) in [4.78, 5) is 0. The van der Waals surface area contributed by atoms with E-state index in [2.05, 4.69) is 118 Å². The molecule has 4 rings (SSSR count). The normalized spacial score (nSPS) is 13.1. The molecule has 0 spiro atoms. The predicted molar refractivity (Wildman–Crippen MR) is 248 cm³/mol. The molecule has 0 amide bonds. The number of nitrogens with two attached hydrogens (primary N) is 2. The van der Waals surface area contributed by atoms with Crippen molar-refractivity contribution in [2.45, 2.75) is 193 Å². The molecule has 2 unspecified atom stereocenters. The van der Waals surface area contributed by atoms with Crippen LogP contribution in [0.25, 0.3) is 0 Å². The predicted octanol–water partition coefficient (Wildman–Crippen LogP) is 16.7. The Labute approximate surface area is 344 Å². The zero-order valence-corrected chi connectivity index (χ0v) is 36.1. The van der Waals surface area contributed by atoms with E-state index >= 15 is 0 Å². The van der Waals surface area contributed by atoms with Crippen LogP contribution in [0.4, 0.5) is 11.4 Å². The standard InChI is InChI=1S/C54H80N2/c1-4-7-9-11-13-15-17-19-21-23-26-53(48-36-40-50(55)41-37-48)46-32-28-44(29-33-46)52(25-6-3)45-30-34-47(35-31-45)54(49-38-42-51(56)43-39-49)27-24-22-20-18-16-14-12-10-8-5-2/h28-43,52-54H,4-27,55-56H2,1-3H3. The number of anilines is 2. The first-order valence-electron chi connectivity index (χ1n) is 23.4. The van der Waals surface area contributed by atoms with E-state index in [1.54, 1.807) is 0 Å². The second-order valence-electron chi connectivity index (χ2n) is 17.1. The van der Waals surface area contributed by atoms with Gasteiger partial charge in [-0.1, -0.05) is 228 Å². The van der Waals surface area contributed by atoms with Crippen LogP contribution >= 0.6 is 0 Å². The lowest BCUT2D eigenvalue weighted by molar-refractivity contribution is 0.540. The molecule has 0 aliphatic rings. The van der Waals surface area contributed by atoms with Gasteiger partial charge in [0.25, 0.3) is 0 Å². The molecule has 2 atom stereocenters. The molecule has 2 heteroatoms. The zero-order chi connectivity index (χ0) is 39.6. The van der Waals surface area contributed by atoms with Crippen LogP contribution in [-0.4, -0.2) is 0 Å².